The van der Waals surface area contributed by atoms with Crippen LogP contribution in [0, 0.1) is 0 Å². The Morgan fingerprint density at radius 3 is 1.82 bits per heavy atom. The third kappa shape index (κ3) is 25.3. The van der Waals surface area contributed by atoms with Gasteiger partial charge in [0.2, 0.25) is 0 Å². The van der Waals surface area contributed by atoms with Gasteiger partial charge in [-0.05, 0) is 6.92 Å². The smallest absolute Gasteiger partial charge is 0.0946 e. The first-order valence-electron chi connectivity index (χ1n) is 3.31. The Morgan fingerprint density at radius 2 is 1.73 bits per heavy atom. The van der Waals surface area contributed by atoms with Crippen LogP contribution in [0.3, 0.4) is 0 Å². The van der Waals surface area contributed by atoms with E-state index in [1.54, 1.807) is 26.7 Å². The highest BCUT2D eigenvalue weighted by atomic mass is 32.2. The average Bonchev–Trinajstić information content (AvgIpc) is 1.87. The third-order valence-corrected chi connectivity index (χ3v) is 0.804. The van der Waals surface area contributed by atoms with E-state index in [0.29, 0.717) is 6.61 Å². The molecule has 0 amide bonds. The molecule has 0 N–H and O–H groups in total. The first-order chi connectivity index (χ1) is 5.04. The molecular formula is C7H18O3S. The lowest BCUT2D eigenvalue weighted by atomic mass is 10.4. The topological polar surface area (TPSA) is 41.5 Å². The summed E-state index contributed by atoms with van der Waals surface area (Å²) in [5.74, 6) is 0. The molecule has 0 radical (unpaired) electrons. The van der Waals surface area contributed by atoms with E-state index in [1.165, 1.54) is 0 Å². The van der Waals surface area contributed by atoms with Gasteiger partial charge >= 0.3 is 0 Å². The van der Waals surface area contributed by atoms with Crippen molar-refractivity contribution in [1.82, 2.24) is 0 Å². The molecule has 0 spiro atoms. The van der Waals surface area contributed by atoms with Crippen LogP contribution in [0.4, 0.5) is 0 Å². The molecule has 3 nitrogen and oxygen atoms in total. The van der Waals surface area contributed by atoms with E-state index in [0.717, 1.165) is 0 Å². The Bertz CT molecular complexity index is 66.0. The SMILES string of the molecule is COCC(C)OC.C[S+](C)[O-]. The Balaban J connectivity index is 0. The number of hydrogen-bond donors (Lipinski definition) is 0. The summed E-state index contributed by atoms with van der Waals surface area (Å²) in [6.07, 6.45) is 3.50. The van der Waals surface area contributed by atoms with Crippen molar-refractivity contribution in [1.29, 1.82) is 0 Å². The van der Waals surface area contributed by atoms with E-state index in [9.17, 15) is 4.55 Å². The van der Waals surface area contributed by atoms with Gasteiger partial charge in [0.25, 0.3) is 0 Å². The highest BCUT2D eigenvalue weighted by Gasteiger charge is 1.93. The molecule has 70 valence electrons. The minimum absolute atomic E-state index is 0.227. The summed E-state index contributed by atoms with van der Waals surface area (Å²) in [7, 11) is 3.33. The molecule has 0 rings (SSSR count). The highest BCUT2D eigenvalue weighted by Crippen LogP contribution is 1.84. The fourth-order valence-electron chi connectivity index (χ4n) is 0.303. The molecule has 0 aliphatic heterocycles. The highest BCUT2D eigenvalue weighted by molar-refractivity contribution is 7.89. The second-order valence-corrected chi connectivity index (χ2v) is 3.73. The molecule has 0 aromatic carbocycles. The zero-order chi connectivity index (χ0) is 9.28. The molecule has 0 fully saturated rings. The van der Waals surface area contributed by atoms with Crippen LogP contribution in [-0.2, 0) is 20.6 Å². The Kier molecular flexibility index (Phi) is 12.8. The van der Waals surface area contributed by atoms with Crippen LogP contribution in [0.5, 0.6) is 0 Å². The molecule has 0 aliphatic rings. The van der Waals surface area contributed by atoms with Gasteiger partial charge in [-0.3, -0.25) is 0 Å². The van der Waals surface area contributed by atoms with Gasteiger partial charge in [0.05, 0.1) is 25.2 Å². The lowest BCUT2D eigenvalue weighted by Crippen LogP contribution is -2.11. The van der Waals surface area contributed by atoms with Crippen molar-refractivity contribution in [3.63, 3.8) is 0 Å². The summed E-state index contributed by atoms with van der Waals surface area (Å²) < 4.78 is 19.2. The van der Waals surface area contributed by atoms with E-state index in [4.69, 9.17) is 9.47 Å². The van der Waals surface area contributed by atoms with Gasteiger partial charge in [0, 0.05) is 14.2 Å². The van der Waals surface area contributed by atoms with Crippen molar-refractivity contribution in [2.75, 3.05) is 33.3 Å². The van der Waals surface area contributed by atoms with Gasteiger partial charge in [-0.1, -0.05) is 11.2 Å². The standard InChI is InChI=1S/C5H12O2.C2H6OS/c1-5(7-3)4-6-2;1-4(2)3/h5H,4H2,1-3H3;1-2H3. The van der Waals surface area contributed by atoms with E-state index in [2.05, 4.69) is 0 Å². The number of rotatable bonds is 3. The van der Waals surface area contributed by atoms with Gasteiger partial charge in [-0.2, -0.15) is 0 Å². The van der Waals surface area contributed by atoms with Crippen molar-refractivity contribution < 1.29 is 14.0 Å². The zero-order valence-electron chi connectivity index (χ0n) is 7.92. The van der Waals surface area contributed by atoms with Gasteiger partial charge in [0.15, 0.2) is 0 Å². The second-order valence-electron chi connectivity index (χ2n) is 2.24. The van der Waals surface area contributed by atoms with Gasteiger partial charge < -0.3 is 14.0 Å². The molecule has 0 saturated heterocycles. The van der Waals surface area contributed by atoms with Gasteiger partial charge in [-0.15, -0.1) is 0 Å². The van der Waals surface area contributed by atoms with E-state index >= 15 is 0 Å². The summed E-state index contributed by atoms with van der Waals surface area (Å²) in [5, 5.41) is 0. The van der Waals surface area contributed by atoms with Gasteiger partial charge in [-0.25, -0.2) is 0 Å². The normalized spacial score (nSPS) is 12.3. The van der Waals surface area contributed by atoms with Gasteiger partial charge in [0.1, 0.15) is 0 Å². The summed E-state index contributed by atoms with van der Waals surface area (Å²) in [6, 6.07) is 0. The largest absolute Gasteiger partial charge is 0.617 e. The summed E-state index contributed by atoms with van der Waals surface area (Å²) in [4.78, 5) is 0. The van der Waals surface area contributed by atoms with Crippen LogP contribution in [0.15, 0.2) is 0 Å². The predicted molar refractivity (Wildman–Crippen MR) is 48.3 cm³/mol. The Hall–Kier alpha value is 0.230. The molecular weight excluding hydrogens is 164 g/mol. The Morgan fingerprint density at radius 1 is 1.36 bits per heavy atom. The zero-order valence-corrected chi connectivity index (χ0v) is 8.73. The maximum absolute atomic E-state index is 9.56. The van der Waals surface area contributed by atoms with Crippen molar-refractivity contribution in [2.24, 2.45) is 0 Å². The minimum Gasteiger partial charge on any atom is -0.617 e. The van der Waals surface area contributed by atoms with Crippen molar-refractivity contribution in [3.8, 4) is 0 Å². The minimum atomic E-state index is -0.611. The molecule has 0 saturated carbocycles. The van der Waals surface area contributed by atoms with Crippen LogP contribution in [0.1, 0.15) is 6.92 Å². The van der Waals surface area contributed by atoms with Crippen molar-refractivity contribution in [3.05, 3.63) is 0 Å². The van der Waals surface area contributed by atoms with Crippen LogP contribution in [0.2, 0.25) is 0 Å². The number of hydrogen-bond acceptors (Lipinski definition) is 3. The molecule has 1 atom stereocenters. The molecule has 0 aliphatic carbocycles. The molecule has 0 bridgehead atoms. The molecule has 1 unspecified atom stereocenters. The fourth-order valence-corrected chi connectivity index (χ4v) is 0.303. The van der Waals surface area contributed by atoms with E-state index in [1.807, 2.05) is 6.92 Å². The molecule has 11 heavy (non-hydrogen) atoms. The lowest BCUT2D eigenvalue weighted by molar-refractivity contribution is 0.0401. The molecule has 0 heterocycles. The summed E-state index contributed by atoms with van der Waals surface area (Å²) in [5.41, 5.74) is 0. The third-order valence-electron chi connectivity index (χ3n) is 0.804. The van der Waals surface area contributed by atoms with E-state index < -0.39 is 11.2 Å². The van der Waals surface area contributed by atoms with Crippen LogP contribution >= 0.6 is 0 Å². The lowest BCUT2D eigenvalue weighted by Gasteiger charge is -2.05. The van der Waals surface area contributed by atoms with E-state index in [-0.39, 0.29) is 6.10 Å². The first-order valence-corrected chi connectivity index (χ1v) is 5.28. The summed E-state index contributed by atoms with van der Waals surface area (Å²) in [6.45, 7) is 2.64. The maximum atomic E-state index is 9.56. The predicted octanol–water partition coefficient (Wildman–Crippen LogP) is 0.662. The quantitative estimate of drug-likeness (QED) is 0.602. The van der Waals surface area contributed by atoms with Crippen LogP contribution < -0.4 is 0 Å². The van der Waals surface area contributed by atoms with Crippen molar-refractivity contribution >= 4 is 11.2 Å². The van der Waals surface area contributed by atoms with Crippen molar-refractivity contribution in [2.45, 2.75) is 13.0 Å². The molecule has 0 aromatic heterocycles. The fraction of sp³-hybridized carbons (Fsp3) is 1.00. The average molecular weight is 182 g/mol. The monoisotopic (exact) mass is 182 g/mol. The number of ether oxygens (including phenoxy) is 2. The number of methoxy groups -OCH3 is 2. The first kappa shape index (κ1) is 13.8. The van der Waals surface area contributed by atoms with Crippen LogP contribution in [-0.4, -0.2) is 44.0 Å². The maximum Gasteiger partial charge on any atom is 0.0946 e. The summed E-state index contributed by atoms with van der Waals surface area (Å²) >= 11 is -0.611. The van der Waals surface area contributed by atoms with Crippen LogP contribution in [0.25, 0.3) is 0 Å². The Labute approximate surface area is 72.3 Å². The second kappa shape index (κ2) is 10.2. The molecule has 0 aromatic rings. The molecule has 4 heteroatoms.